The van der Waals surface area contributed by atoms with Crippen LogP contribution in [-0.4, -0.2) is 42.9 Å². The number of carbonyl (C=O) groups excluding carboxylic acids is 4. The van der Waals surface area contributed by atoms with Crippen LogP contribution >= 0.6 is 0 Å². The molecule has 0 amide bonds. The van der Waals surface area contributed by atoms with Crippen LogP contribution in [0.2, 0.25) is 0 Å². The Labute approximate surface area is 110 Å². The summed E-state index contributed by atoms with van der Waals surface area (Å²) in [4.78, 5) is 44.7. The molecule has 0 rings (SSSR count). The first-order chi connectivity index (χ1) is 8.84. The van der Waals surface area contributed by atoms with Crippen LogP contribution in [0.4, 0.5) is 0 Å². The molecule has 19 heavy (non-hydrogen) atoms. The fourth-order valence-corrected chi connectivity index (χ4v) is 0.982. The third kappa shape index (κ3) is 5.58. The minimum Gasteiger partial charge on any atom is -0.427 e. The molecule has 4 N–H and O–H groups in total. The number of ketones is 2. The Morgan fingerprint density at radius 2 is 1.74 bits per heavy atom. The molecule has 0 bridgehead atoms. The molecule has 0 aliphatic rings. The van der Waals surface area contributed by atoms with Gasteiger partial charge < -0.3 is 20.9 Å². The van der Waals surface area contributed by atoms with E-state index in [2.05, 4.69) is 9.47 Å². The number of esters is 2. The van der Waals surface area contributed by atoms with Gasteiger partial charge in [0.1, 0.15) is 5.92 Å². The Morgan fingerprint density at radius 3 is 2.21 bits per heavy atom. The van der Waals surface area contributed by atoms with Gasteiger partial charge in [0.2, 0.25) is 6.79 Å². The van der Waals surface area contributed by atoms with Gasteiger partial charge in [-0.25, -0.2) is 4.79 Å². The van der Waals surface area contributed by atoms with E-state index in [0.29, 0.717) is 0 Å². The number of hydrogen-bond acceptors (Lipinski definition) is 8. The largest absolute Gasteiger partial charge is 0.427 e. The predicted octanol–water partition coefficient (Wildman–Crippen LogP) is -1.50. The van der Waals surface area contributed by atoms with E-state index in [1.54, 1.807) is 6.92 Å². The molecule has 0 fully saturated rings. The second kappa shape index (κ2) is 8.33. The molecule has 0 aliphatic carbocycles. The lowest BCUT2D eigenvalue weighted by atomic mass is 10.1. The number of ether oxygens (including phenoxy) is 2. The van der Waals surface area contributed by atoms with Crippen molar-refractivity contribution in [2.45, 2.75) is 26.3 Å². The Kier molecular flexibility index (Phi) is 7.54. The molecule has 0 saturated carbocycles. The highest BCUT2D eigenvalue weighted by Gasteiger charge is 2.24. The average Bonchev–Trinajstić information content (AvgIpc) is 2.43. The lowest BCUT2D eigenvalue weighted by Crippen LogP contribution is -2.37. The third-order valence-electron chi connectivity index (χ3n) is 2.41. The van der Waals surface area contributed by atoms with Crippen molar-refractivity contribution in [1.29, 1.82) is 0 Å². The van der Waals surface area contributed by atoms with Gasteiger partial charge in [-0.3, -0.25) is 14.4 Å². The molecule has 2 unspecified atom stereocenters. The zero-order chi connectivity index (χ0) is 15.0. The summed E-state index contributed by atoms with van der Waals surface area (Å²) in [5.74, 6) is -4.50. The van der Waals surface area contributed by atoms with Crippen molar-refractivity contribution < 1.29 is 28.7 Å². The second-order valence-corrected chi connectivity index (χ2v) is 3.78. The SMILES string of the molecule is CCC(N)C(=O)C(=O)OCOC(=O)C(C)C(=O)CN. The molecular formula is C11H18N2O6. The van der Waals surface area contributed by atoms with E-state index in [1.807, 2.05) is 0 Å². The van der Waals surface area contributed by atoms with E-state index in [-0.39, 0.29) is 13.0 Å². The lowest BCUT2D eigenvalue weighted by molar-refractivity contribution is -0.173. The maximum atomic E-state index is 11.3. The van der Waals surface area contributed by atoms with Crippen LogP contribution in [0.1, 0.15) is 20.3 Å². The maximum Gasteiger partial charge on any atom is 0.379 e. The fraction of sp³-hybridized carbons (Fsp3) is 0.636. The van der Waals surface area contributed by atoms with Crippen LogP contribution in [0, 0.1) is 5.92 Å². The van der Waals surface area contributed by atoms with Gasteiger partial charge in [0.25, 0.3) is 5.78 Å². The molecule has 2 atom stereocenters. The first-order valence-electron chi connectivity index (χ1n) is 5.71. The maximum absolute atomic E-state index is 11.3. The highest BCUT2D eigenvalue weighted by molar-refractivity contribution is 6.35. The molecule has 0 heterocycles. The van der Waals surface area contributed by atoms with Crippen molar-refractivity contribution in [2.75, 3.05) is 13.3 Å². The summed E-state index contributed by atoms with van der Waals surface area (Å²) in [6.45, 7) is 1.91. The lowest BCUT2D eigenvalue weighted by Gasteiger charge is -2.10. The fourth-order valence-electron chi connectivity index (χ4n) is 0.982. The van der Waals surface area contributed by atoms with Crippen LogP contribution in [-0.2, 0) is 28.7 Å². The summed E-state index contributed by atoms with van der Waals surface area (Å²) in [6.07, 6.45) is 0.287. The number of nitrogens with two attached hydrogens (primary N) is 2. The van der Waals surface area contributed by atoms with Crippen molar-refractivity contribution in [3.05, 3.63) is 0 Å². The van der Waals surface area contributed by atoms with E-state index in [1.165, 1.54) is 6.92 Å². The van der Waals surface area contributed by atoms with Crippen LogP contribution < -0.4 is 11.5 Å². The predicted molar refractivity (Wildman–Crippen MR) is 63.5 cm³/mol. The summed E-state index contributed by atoms with van der Waals surface area (Å²) in [7, 11) is 0. The van der Waals surface area contributed by atoms with Gasteiger partial charge in [-0.05, 0) is 13.3 Å². The number of carbonyl (C=O) groups is 4. The molecule has 8 heteroatoms. The van der Waals surface area contributed by atoms with Crippen molar-refractivity contribution in [3.63, 3.8) is 0 Å². The molecule has 0 aromatic carbocycles. The van der Waals surface area contributed by atoms with E-state index in [0.717, 1.165) is 0 Å². The molecule has 0 aliphatic heterocycles. The summed E-state index contributed by atoms with van der Waals surface area (Å²) < 4.78 is 8.92. The molecule has 0 radical (unpaired) electrons. The highest BCUT2D eigenvalue weighted by Crippen LogP contribution is 2.00. The van der Waals surface area contributed by atoms with E-state index < -0.39 is 42.3 Å². The van der Waals surface area contributed by atoms with Crippen molar-refractivity contribution in [3.8, 4) is 0 Å². The Hall–Kier alpha value is -1.80. The zero-order valence-corrected chi connectivity index (χ0v) is 10.9. The number of rotatable bonds is 8. The quantitative estimate of drug-likeness (QED) is 0.236. The highest BCUT2D eigenvalue weighted by atomic mass is 16.7. The first-order valence-corrected chi connectivity index (χ1v) is 5.71. The van der Waals surface area contributed by atoms with Gasteiger partial charge in [0.15, 0.2) is 5.78 Å². The summed E-state index contributed by atoms with van der Waals surface area (Å²) >= 11 is 0. The molecule has 0 aromatic rings. The number of Topliss-reactive ketones (excluding diaryl/α,β-unsaturated/α-hetero) is 2. The molecule has 108 valence electrons. The van der Waals surface area contributed by atoms with Crippen molar-refractivity contribution >= 4 is 23.5 Å². The minimum absolute atomic E-state index is 0.287. The molecule has 8 nitrogen and oxygen atoms in total. The monoisotopic (exact) mass is 274 g/mol. The normalized spacial score (nSPS) is 13.3. The van der Waals surface area contributed by atoms with E-state index in [4.69, 9.17) is 11.5 Å². The average molecular weight is 274 g/mol. The van der Waals surface area contributed by atoms with Crippen LogP contribution in [0.25, 0.3) is 0 Å². The van der Waals surface area contributed by atoms with Crippen LogP contribution in [0.5, 0.6) is 0 Å². The number of hydrogen-bond donors (Lipinski definition) is 2. The van der Waals surface area contributed by atoms with E-state index >= 15 is 0 Å². The third-order valence-corrected chi connectivity index (χ3v) is 2.41. The van der Waals surface area contributed by atoms with Gasteiger partial charge in [0.05, 0.1) is 12.6 Å². The van der Waals surface area contributed by atoms with Crippen molar-refractivity contribution in [1.82, 2.24) is 0 Å². The second-order valence-electron chi connectivity index (χ2n) is 3.78. The van der Waals surface area contributed by atoms with Crippen LogP contribution in [0.15, 0.2) is 0 Å². The van der Waals surface area contributed by atoms with E-state index in [9.17, 15) is 19.2 Å². The standard InChI is InChI=1S/C11H18N2O6/c1-3-7(13)9(15)11(17)19-5-18-10(16)6(2)8(14)4-12/h6-7H,3-5,12-13H2,1-2H3. The van der Waals surface area contributed by atoms with Gasteiger partial charge in [-0.15, -0.1) is 0 Å². The molecular weight excluding hydrogens is 256 g/mol. The summed E-state index contributed by atoms with van der Waals surface area (Å²) in [5, 5.41) is 0. The van der Waals surface area contributed by atoms with Gasteiger partial charge in [0, 0.05) is 0 Å². The van der Waals surface area contributed by atoms with Gasteiger partial charge in [-0.2, -0.15) is 0 Å². The topological polar surface area (TPSA) is 139 Å². The first kappa shape index (κ1) is 17.2. The zero-order valence-electron chi connectivity index (χ0n) is 10.9. The van der Waals surface area contributed by atoms with Gasteiger partial charge >= 0.3 is 11.9 Å². The van der Waals surface area contributed by atoms with Gasteiger partial charge in [-0.1, -0.05) is 6.92 Å². The van der Waals surface area contributed by atoms with Crippen LogP contribution in [0.3, 0.4) is 0 Å². The van der Waals surface area contributed by atoms with Crippen molar-refractivity contribution in [2.24, 2.45) is 17.4 Å². The Morgan fingerprint density at radius 1 is 1.16 bits per heavy atom. The summed E-state index contributed by atoms with van der Waals surface area (Å²) in [5.41, 5.74) is 10.4. The Bertz CT molecular complexity index is 368. The molecule has 0 saturated heterocycles. The summed E-state index contributed by atoms with van der Waals surface area (Å²) in [6, 6.07) is -0.944. The minimum atomic E-state index is -1.18. The Balaban J connectivity index is 4.10. The smallest absolute Gasteiger partial charge is 0.379 e. The molecule has 0 spiro atoms. The molecule has 0 aromatic heterocycles.